The van der Waals surface area contributed by atoms with Crippen LogP contribution in [0, 0.1) is 13.8 Å². The Morgan fingerprint density at radius 1 is 0.879 bits per heavy atom. The van der Waals surface area contributed by atoms with Crippen molar-refractivity contribution in [3.05, 3.63) is 102 Å². The zero-order chi connectivity index (χ0) is 23.8. The molecule has 0 aromatic heterocycles. The van der Waals surface area contributed by atoms with Gasteiger partial charge in [0.2, 0.25) is 11.8 Å². The summed E-state index contributed by atoms with van der Waals surface area (Å²) in [6, 6.07) is 22.5. The maximum Gasteiger partial charge on any atom is 0.328 e. The summed E-state index contributed by atoms with van der Waals surface area (Å²) in [6.45, 7) is 3.97. The molecule has 1 atom stereocenters. The molecular weight excluding hydrogens is 436 g/mol. The van der Waals surface area contributed by atoms with Gasteiger partial charge in [-0.05, 0) is 55.3 Å². The highest BCUT2D eigenvalue weighted by molar-refractivity contribution is 8.00. The highest BCUT2D eigenvalue weighted by Crippen LogP contribution is 2.37. The minimum absolute atomic E-state index is 0.130. The van der Waals surface area contributed by atoms with Gasteiger partial charge in [0.15, 0.2) is 0 Å². The number of nitrogens with one attached hydrogen (secondary N) is 2. The van der Waals surface area contributed by atoms with Crippen molar-refractivity contribution in [1.29, 1.82) is 0 Å². The summed E-state index contributed by atoms with van der Waals surface area (Å²) in [4.78, 5) is 36.4. The number of anilines is 2. The van der Waals surface area contributed by atoms with Crippen LogP contribution >= 0.6 is 11.8 Å². The third-order valence-corrected chi connectivity index (χ3v) is 6.00. The Hall–Kier alpha value is -3.84. The molecule has 0 spiro atoms. The lowest BCUT2D eigenvalue weighted by atomic mass is 10.1. The molecule has 0 saturated heterocycles. The van der Waals surface area contributed by atoms with E-state index >= 15 is 0 Å². The summed E-state index contributed by atoms with van der Waals surface area (Å²) in [6.07, 6.45) is 1.73. The van der Waals surface area contributed by atoms with Gasteiger partial charge in [0.25, 0.3) is 0 Å². The number of rotatable bonds is 8. The maximum absolute atomic E-state index is 13.2. The van der Waals surface area contributed by atoms with Crippen LogP contribution in [0.15, 0.2) is 89.8 Å². The predicted octanol–water partition coefficient (Wildman–Crippen LogP) is 5.35. The van der Waals surface area contributed by atoms with E-state index in [4.69, 9.17) is 5.11 Å². The van der Waals surface area contributed by atoms with Crippen LogP contribution in [0.5, 0.6) is 0 Å². The van der Waals surface area contributed by atoms with E-state index in [1.165, 1.54) is 11.8 Å². The molecule has 7 heteroatoms. The van der Waals surface area contributed by atoms with E-state index in [-0.39, 0.29) is 5.91 Å². The second-order valence-electron chi connectivity index (χ2n) is 7.40. The van der Waals surface area contributed by atoms with Gasteiger partial charge in [-0.3, -0.25) is 9.59 Å². The first-order valence-corrected chi connectivity index (χ1v) is 11.1. The third kappa shape index (κ3) is 7.08. The molecule has 0 bridgehead atoms. The van der Waals surface area contributed by atoms with E-state index in [9.17, 15) is 14.4 Å². The Bertz CT molecular complexity index is 1170. The fraction of sp³-hybridized carbons (Fsp3) is 0.115. The first-order valence-electron chi connectivity index (χ1n) is 10.2. The quantitative estimate of drug-likeness (QED) is 0.311. The molecule has 0 fully saturated rings. The van der Waals surface area contributed by atoms with Crippen LogP contribution in [0.1, 0.15) is 21.9 Å². The second kappa shape index (κ2) is 11.2. The molecule has 2 amide bonds. The molecule has 0 aliphatic heterocycles. The van der Waals surface area contributed by atoms with Crippen molar-refractivity contribution in [1.82, 2.24) is 0 Å². The first kappa shape index (κ1) is 23.8. The van der Waals surface area contributed by atoms with E-state index < -0.39 is 17.1 Å². The summed E-state index contributed by atoms with van der Waals surface area (Å²) in [7, 11) is 0. The lowest BCUT2D eigenvalue weighted by Crippen LogP contribution is -2.19. The fourth-order valence-corrected chi connectivity index (χ4v) is 4.16. The normalized spacial score (nSPS) is 11.7. The first-order chi connectivity index (χ1) is 15.8. The SMILES string of the molecule is Cc1ccc(NC(=O)C(Sc2ccc(NC(=O)/C=C/C(=O)O)cc2)c2ccccc2)c(C)c1. The van der Waals surface area contributed by atoms with E-state index in [1.807, 2.05) is 74.5 Å². The number of amides is 2. The Morgan fingerprint density at radius 3 is 2.21 bits per heavy atom. The number of carbonyl (C=O) groups excluding carboxylic acids is 2. The number of aliphatic carboxylic acids is 1. The lowest BCUT2D eigenvalue weighted by Gasteiger charge is -2.18. The smallest absolute Gasteiger partial charge is 0.328 e. The average molecular weight is 461 g/mol. The number of benzene rings is 3. The van der Waals surface area contributed by atoms with Gasteiger partial charge in [0.1, 0.15) is 5.25 Å². The van der Waals surface area contributed by atoms with Crippen molar-refractivity contribution >= 4 is 40.9 Å². The van der Waals surface area contributed by atoms with Crippen LogP contribution in [0.4, 0.5) is 11.4 Å². The van der Waals surface area contributed by atoms with Crippen molar-refractivity contribution in [2.45, 2.75) is 24.0 Å². The van der Waals surface area contributed by atoms with Crippen molar-refractivity contribution in [3.8, 4) is 0 Å². The standard InChI is InChI=1S/C26H24N2O4S/c1-17-8-13-22(18(2)16-17)28-26(32)25(19-6-4-3-5-7-19)33-21-11-9-20(10-12-21)27-23(29)14-15-24(30)31/h3-16,25H,1-2H3,(H,27,29)(H,28,32)(H,30,31)/b15-14+. The van der Waals surface area contributed by atoms with Gasteiger partial charge in [-0.25, -0.2) is 4.79 Å². The van der Waals surface area contributed by atoms with Crippen LogP contribution in [0.25, 0.3) is 0 Å². The summed E-state index contributed by atoms with van der Waals surface area (Å²) in [5.41, 5.74) is 4.30. The van der Waals surface area contributed by atoms with Gasteiger partial charge in [-0.2, -0.15) is 0 Å². The summed E-state index contributed by atoms with van der Waals surface area (Å²) < 4.78 is 0. The molecule has 0 aliphatic rings. The molecule has 0 radical (unpaired) electrons. The van der Waals surface area contributed by atoms with Crippen LogP contribution in [-0.4, -0.2) is 22.9 Å². The van der Waals surface area contributed by atoms with E-state index in [0.717, 1.165) is 39.4 Å². The predicted molar refractivity (Wildman–Crippen MR) is 131 cm³/mol. The second-order valence-corrected chi connectivity index (χ2v) is 8.58. The molecule has 168 valence electrons. The summed E-state index contributed by atoms with van der Waals surface area (Å²) >= 11 is 1.40. The molecule has 33 heavy (non-hydrogen) atoms. The molecular formula is C26H24N2O4S. The van der Waals surface area contributed by atoms with Gasteiger partial charge < -0.3 is 15.7 Å². The topological polar surface area (TPSA) is 95.5 Å². The number of thioether (sulfide) groups is 1. The highest BCUT2D eigenvalue weighted by atomic mass is 32.2. The molecule has 0 aliphatic carbocycles. The van der Waals surface area contributed by atoms with E-state index in [0.29, 0.717) is 5.69 Å². The van der Waals surface area contributed by atoms with Crippen molar-refractivity contribution < 1.29 is 19.5 Å². The molecule has 0 heterocycles. The number of carboxylic acid groups (broad SMARTS) is 1. The largest absolute Gasteiger partial charge is 0.478 e. The zero-order valence-corrected chi connectivity index (χ0v) is 19.1. The number of hydrogen-bond acceptors (Lipinski definition) is 4. The van der Waals surface area contributed by atoms with Crippen molar-refractivity contribution in [3.63, 3.8) is 0 Å². The van der Waals surface area contributed by atoms with Crippen LogP contribution < -0.4 is 10.6 Å². The van der Waals surface area contributed by atoms with Crippen molar-refractivity contribution in [2.75, 3.05) is 10.6 Å². The third-order valence-electron chi connectivity index (χ3n) is 4.73. The van der Waals surface area contributed by atoms with Gasteiger partial charge in [0.05, 0.1) is 0 Å². The lowest BCUT2D eigenvalue weighted by molar-refractivity contribution is -0.131. The molecule has 3 N–H and O–H groups in total. The zero-order valence-electron chi connectivity index (χ0n) is 18.2. The summed E-state index contributed by atoms with van der Waals surface area (Å²) in [5.74, 6) is -1.86. The molecule has 1 unspecified atom stereocenters. The van der Waals surface area contributed by atoms with E-state index in [1.54, 1.807) is 12.1 Å². The van der Waals surface area contributed by atoms with Gasteiger partial charge in [0, 0.05) is 28.4 Å². The minimum Gasteiger partial charge on any atom is -0.478 e. The molecule has 3 aromatic carbocycles. The number of aryl methyl sites for hydroxylation is 2. The molecule has 3 rings (SSSR count). The molecule has 3 aromatic rings. The average Bonchev–Trinajstić information content (AvgIpc) is 2.79. The van der Waals surface area contributed by atoms with Gasteiger partial charge >= 0.3 is 5.97 Å². The Labute approximate surface area is 196 Å². The van der Waals surface area contributed by atoms with Crippen LogP contribution in [-0.2, 0) is 14.4 Å². The van der Waals surface area contributed by atoms with Crippen LogP contribution in [0.3, 0.4) is 0 Å². The number of carbonyl (C=O) groups is 3. The number of hydrogen-bond donors (Lipinski definition) is 3. The Balaban J connectivity index is 1.76. The molecule has 0 saturated carbocycles. The van der Waals surface area contributed by atoms with Gasteiger partial charge in [-0.15, -0.1) is 11.8 Å². The maximum atomic E-state index is 13.2. The van der Waals surface area contributed by atoms with Crippen molar-refractivity contribution in [2.24, 2.45) is 0 Å². The number of carboxylic acids is 1. The summed E-state index contributed by atoms with van der Waals surface area (Å²) in [5, 5.41) is 13.8. The highest BCUT2D eigenvalue weighted by Gasteiger charge is 2.22. The monoisotopic (exact) mass is 460 g/mol. The van der Waals surface area contributed by atoms with Crippen LogP contribution in [0.2, 0.25) is 0 Å². The molecule has 6 nitrogen and oxygen atoms in total. The minimum atomic E-state index is -1.19. The Kier molecular flexibility index (Phi) is 8.05. The Morgan fingerprint density at radius 2 is 1.58 bits per heavy atom. The fourth-order valence-electron chi connectivity index (χ4n) is 3.14. The van der Waals surface area contributed by atoms with Gasteiger partial charge in [-0.1, -0.05) is 48.0 Å². The van der Waals surface area contributed by atoms with E-state index in [2.05, 4.69) is 10.6 Å².